The Morgan fingerprint density at radius 1 is 1.29 bits per heavy atom. The summed E-state index contributed by atoms with van der Waals surface area (Å²) in [5.41, 5.74) is -0.273. The van der Waals surface area contributed by atoms with E-state index in [0.717, 1.165) is 0 Å². The minimum atomic E-state index is -1.47. The van der Waals surface area contributed by atoms with Crippen LogP contribution in [0.25, 0.3) is 0 Å². The van der Waals surface area contributed by atoms with Crippen LogP contribution in [-0.2, 0) is 4.79 Å². The van der Waals surface area contributed by atoms with Crippen LogP contribution in [0, 0.1) is 0 Å². The molecule has 1 unspecified atom stereocenters. The average Bonchev–Trinajstić information content (AvgIpc) is 2.28. The molecule has 0 saturated heterocycles. The van der Waals surface area contributed by atoms with Gasteiger partial charge in [-0.05, 0) is 12.1 Å². The first-order valence-electron chi connectivity index (χ1n) is 4.62. The fourth-order valence-corrected chi connectivity index (χ4v) is 1.14. The van der Waals surface area contributed by atoms with Crippen molar-refractivity contribution in [1.82, 2.24) is 5.32 Å². The van der Waals surface area contributed by atoms with Crippen molar-refractivity contribution in [1.29, 1.82) is 0 Å². The Kier molecular flexibility index (Phi) is 3.89. The minimum Gasteiger partial charge on any atom is -0.504 e. The van der Waals surface area contributed by atoms with Crippen LogP contribution in [0.1, 0.15) is 10.4 Å². The monoisotopic (exact) mass is 241 g/mol. The number of carbonyl (C=O) groups excluding carboxylic acids is 1. The van der Waals surface area contributed by atoms with Crippen LogP contribution in [0.15, 0.2) is 18.2 Å². The van der Waals surface area contributed by atoms with Gasteiger partial charge in [0.1, 0.15) is 0 Å². The van der Waals surface area contributed by atoms with E-state index in [1.165, 1.54) is 18.2 Å². The largest absolute Gasteiger partial charge is 0.504 e. The van der Waals surface area contributed by atoms with Gasteiger partial charge in [0.2, 0.25) is 0 Å². The molecule has 0 aromatic heterocycles. The van der Waals surface area contributed by atoms with Gasteiger partial charge in [-0.2, -0.15) is 0 Å². The van der Waals surface area contributed by atoms with Crippen LogP contribution in [0.5, 0.6) is 11.5 Å². The summed E-state index contributed by atoms with van der Waals surface area (Å²) in [5, 5.41) is 37.8. The SMILES string of the molecule is O=C(NC(CO)C(=O)O)c1cccc(O)c1O. The number of carboxylic acids is 1. The van der Waals surface area contributed by atoms with Gasteiger partial charge in [0, 0.05) is 0 Å². The molecule has 0 radical (unpaired) electrons. The van der Waals surface area contributed by atoms with E-state index in [4.69, 9.17) is 15.3 Å². The van der Waals surface area contributed by atoms with E-state index < -0.39 is 36.0 Å². The molecule has 0 aliphatic rings. The van der Waals surface area contributed by atoms with Gasteiger partial charge < -0.3 is 25.7 Å². The van der Waals surface area contributed by atoms with Gasteiger partial charge in [0.15, 0.2) is 17.5 Å². The molecular formula is C10H11NO6. The molecule has 0 bridgehead atoms. The van der Waals surface area contributed by atoms with E-state index in [-0.39, 0.29) is 5.56 Å². The van der Waals surface area contributed by atoms with E-state index in [1.54, 1.807) is 0 Å². The van der Waals surface area contributed by atoms with Crippen molar-refractivity contribution in [3.8, 4) is 11.5 Å². The van der Waals surface area contributed by atoms with Crippen LogP contribution in [0.3, 0.4) is 0 Å². The maximum Gasteiger partial charge on any atom is 0.328 e. The third-order valence-corrected chi connectivity index (χ3v) is 2.05. The zero-order valence-corrected chi connectivity index (χ0v) is 8.62. The van der Waals surface area contributed by atoms with Crippen molar-refractivity contribution >= 4 is 11.9 Å². The summed E-state index contributed by atoms with van der Waals surface area (Å²) in [6, 6.07) is 2.23. The average molecular weight is 241 g/mol. The highest BCUT2D eigenvalue weighted by Gasteiger charge is 2.21. The summed E-state index contributed by atoms with van der Waals surface area (Å²) in [4.78, 5) is 22.1. The summed E-state index contributed by atoms with van der Waals surface area (Å²) < 4.78 is 0. The van der Waals surface area contributed by atoms with Crippen LogP contribution in [-0.4, -0.2) is 45.0 Å². The molecular weight excluding hydrogens is 230 g/mol. The lowest BCUT2D eigenvalue weighted by atomic mass is 10.1. The molecule has 1 rings (SSSR count). The molecule has 0 aliphatic heterocycles. The number of carboxylic acid groups (broad SMARTS) is 1. The first kappa shape index (κ1) is 12.8. The number of phenolic OH excluding ortho intramolecular Hbond substituents is 2. The Labute approximate surface area is 95.9 Å². The molecule has 7 heteroatoms. The first-order chi connectivity index (χ1) is 7.97. The number of aliphatic hydroxyl groups excluding tert-OH is 1. The van der Waals surface area contributed by atoms with Gasteiger partial charge in [-0.3, -0.25) is 4.79 Å². The second-order valence-electron chi connectivity index (χ2n) is 3.22. The number of aliphatic hydroxyl groups is 1. The van der Waals surface area contributed by atoms with Crippen molar-refractivity contribution in [3.05, 3.63) is 23.8 Å². The number of benzene rings is 1. The molecule has 0 aliphatic carbocycles. The summed E-state index contributed by atoms with van der Waals surface area (Å²) in [6.07, 6.45) is 0. The molecule has 1 aromatic rings. The second-order valence-corrected chi connectivity index (χ2v) is 3.22. The number of rotatable bonds is 4. The highest BCUT2D eigenvalue weighted by atomic mass is 16.4. The Morgan fingerprint density at radius 3 is 2.47 bits per heavy atom. The van der Waals surface area contributed by atoms with Gasteiger partial charge in [-0.1, -0.05) is 6.07 Å². The third kappa shape index (κ3) is 2.85. The highest BCUT2D eigenvalue weighted by Crippen LogP contribution is 2.27. The van der Waals surface area contributed by atoms with Crippen molar-refractivity contribution in [2.45, 2.75) is 6.04 Å². The quantitative estimate of drug-likeness (QED) is 0.442. The van der Waals surface area contributed by atoms with E-state index in [9.17, 15) is 14.7 Å². The number of aliphatic carboxylic acids is 1. The molecule has 0 fully saturated rings. The lowest BCUT2D eigenvalue weighted by Crippen LogP contribution is -2.43. The molecule has 0 saturated carbocycles. The second kappa shape index (κ2) is 5.17. The molecule has 0 heterocycles. The molecule has 7 nitrogen and oxygen atoms in total. The Bertz CT molecular complexity index is 444. The molecule has 1 amide bonds. The van der Waals surface area contributed by atoms with Gasteiger partial charge in [0.25, 0.3) is 5.91 Å². The number of para-hydroxylation sites is 1. The van der Waals surface area contributed by atoms with Crippen molar-refractivity contribution < 1.29 is 30.0 Å². The topological polar surface area (TPSA) is 127 Å². The Balaban J connectivity index is 2.90. The van der Waals surface area contributed by atoms with Gasteiger partial charge in [-0.15, -0.1) is 0 Å². The third-order valence-electron chi connectivity index (χ3n) is 2.05. The maximum atomic E-state index is 11.5. The molecule has 17 heavy (non-hydrogen) atoms. The van der Waals surface area contributed by atoms with E-state index in [1.807, 2.05) is 5.32 Å². The van der Waals surface area contributed by atoms with E-state index >= 15 is 0 Å². The summed E-state index contributed by atoms with van der Waals surface area (Å²) >= 11 is 0. The number of nitrogens with one attached hydrogen (secondary N) is 1. The first-order valence-corrected chi connectivity index (χ1v) is 4.62. The number of amides is 1. The van der Waals surface area contributed by atoms with Crippen LogP contribution in [0.4, 0.5) is 0 Å². The number of carbonyl (C=O) groups is 2. The molecule has 1 atom stereocenters. The van der Waals surface area contributed by atoms with Gasteiger partial charge in [0.05, 0.1) is 12.2 Å². The molecule has 1 aromatic carbocycles. The summed E-state index contributed by atoms with van der Waals surface area (Å²) in [6.45, 7) is -0.777. The normalized spacial score (nSPS) is 11.8. The minimum absolute atomic E-state index is 0.273. The van der Waals surface area contributed by atoms with E-state index in [2.05, 4.69) is 0 Å². The van der Waals surface area contributed by atoms with Crippen molar-refractivity contribution in [2.75, 3.05) is 6.61 Å². The lowest BCUT2D eigenvalue weighted by molar-refractivity contribution is -0.140. The Hall–Kier alpha value is -2.28. The van der Waals surface area contributed by atoms with Gasteiger partial charge >= 0.3 is 5.97 Å². The predicted octanol–water partition coefficient (Wildman–Crippen LogP) is -0.727. The lowest BCUT2D eigenvalue weighted by Gasteiger charge is -2.12. The standard InChI is InChI=1S/C10H11NO6/c12-4-6(10(16)17)11-9(15)5-2-1-3-7(13)8(5)14/h1-3,6,12-14H,4H2,(H,11,15)(H,16,17). The van der Waals surface area contributed by atoms with Crippen LogP contribution >= 0.6 is 0 Å². The number of hydrogen-bond acceptors (Lipinski definition) is 5. The molecule has 92 valence electrons. The van der Waals surface area contributed by atoms with Crippen molar-refractivity contribution in [2.24, 2.45) is 0 Å². The van der Waals surface area contributed by atoms with E-state index in [0.29, 0.717) is 0 Å². The summed E-state index contributed by atoms with van der Waals surface area (Å²) in [7, 11) is 0. The van der Waals surface area contributed by atoms with Crippen molar-refractivity contribution in [3.63, 3.8) is 0 Å². The number of phenols is 2. The van der Waals surface area contributed by atoms with Crippen LogP contribution in [0.2, 0.25) is 0 Å². The van der Waals surface area contributed by atoms with Crippen LogP contribution < -0.4 is 5.32 Å². The zero-order valence-electron chi connectivity index (χ0n) is 8.62. The number of hydrogen-bond donors (Lipinski definition) is 5. The predicted molar refractivity (Wildman–Crippen MR) is 55.7 cm³/mol. The number of aromatic hydroxyl groups is 2. The maximum absolute atomic E-state index is 11.5. The zero-order chi connectivity index (χ0) is 13.0. The summed E-state index contributed by atoms with van der Waals surface area (Å²) in [5.74, 6) is -3.44. The Morgan fingerprint density at radius 2 is 1.94 bits per heavy atom. The van der Waals surface area contributed by atoms with Gasteiger partial charge in [-0.25, -0.2) is 4.79 Å². The highest BCUT2D eigenvalue weighted by molar-refractivity contribution is 5.99. The fourth-order valence-electron chi connectivity index (χ4n) is 1.14. The molecule has 0 spiro atoms. The molecule has 5 N–H and O–H groups in total. The fraction of sp³-hybridized carbons (Fsp3) is 0.200. The smallest absolute Gasteiger partial charge is 0.328 e.